The molecule has 1 aromatic heterocycles. The number of pyridine rings is 1. The normalized spacial score (nSPS) is 11.4. The third kappa shape index (κ3) is 2.49. The zero-order chi connectivity index (χ0) is 16.6. The molecule has 0 amide bonds. The monoisotopic (exact) mass is 309 g/mol. The minimum Gasteiger partial charge on any atom is -0.477 e. The molecule has 2 aromatic rings. The topological polar surface area (TPSA) is 59.3 Å². The predicted molar refractivity (Wildman–Crippen MR) is 79.9 cm³/mol. The molecule has 22 heavy (non-hydrogen) atoms. The summed E-state index contributed by atoms with van der Waals surface area (Å²) in [5, 5.41) is 9.06. The molecule has 0 bridgehead atoms. The molecule has 1 heterocycles. The van der Waals surface area contributed by atoms with Crippen molar-refractivity contribution in [3.05, 3.63) is 45.0 Å². The van der Waals surface area contributed by atoms with Crippen LogP contribution in [-0.2, 0) is 6.54 Å². The molecule has 0 aliphatic heterocycles. The van der Waals surface area contributed by atoms with Gasteiger partial charge in [-0.1, -0.05) is 13.8 Å². The molecule has 0 saturated heterocycles. The highest BCUT2D eigenvalue weighted by Gasteiger charge is 2.21. The number of alkyl halides is 1. The minimum absolute atomic E-state index is 0.0345. The molecule has 0 unspecified atom stereocenters. The second-order valence-electron chi connectivity index (χ2n) is 5.53. The van der Waals surface area contributed by atoms with Gasteiger partial charge in [0.2, 0.25) is 5.43 Å². The lowest BCUT2D eigenvalue weighted by Gasteiger charge is -2.17. The summed E-state index contributed by atoms with van der Waals surface area (Å²) in [5.74, 6) is -2.12. The van der Waals surface area contributed by atoms with E-state index < -0.39 is 29.5 Å². The van der Waals surface area contributed by atoms with Gasteiger partial charge in [0.25, 0.3) is 0 Å². The molecule has 0 spiro atoms. The number of carboxylic acid groups (broad SMARTS) is 1. The summed E-state index contributed by atoms with van der Waals surface area (Å²) >= 11 is 0. The number of aryl methyl sites for hydroxylation is 2. The Balaban J connectivity index is 3.02. The van der Waals surface area contributed by atoms with Gasteiger partial charge in [0.1, 0.15) is 12.2 Å². The first kappa shape index (κ1) is 16.1. The number of benzene rings is 1. The second kappa shape index (κ2) is 5.87. The van der Waals surface area contributed by atoms with Crippen molar-refractivity contribution in [3.63, 3.8) is 0 Å². The van der Waals surface area contributed by atoms with Crippen LogP contribution >= 0.6 is 0 Å². The lowest BCUT2D eigenvalue weighted by Crippen LogP contribution is -2.21. The lowest BCUT2D eigenvalue weighted by atomic mass is 9.94. The summed E-state index contributed by atoms with van der Waals surface area (Å²) in [5.41, 5.74) is -0.261. The number of aromatic carboxylic acids is 1. The number of hydrogen-bond acceptors (Lipinski definition) is 2. The number of hydrogen-bond donors (Lipinski definition) is 1. The van der Waals surface area contributed by atoms with Crippen LogP contribution < -0.4 is 5.43 Å². The summed E-state index contributed by atoms with van der Waals surface area (Å²) in [6.07, 6.45) is 1.01. The summed E-state index contributed by atoms with van der Waals surface area (Å²) in [6, 6.07) is 1.48. The zero-order valence-electron chi connectivity index (χ0n) is 12.6. The Kier molecular flexibility index (Phi) is 4.30. The van der Waals surface area contributed by atoms with Gasteiger partial charge in [-0.2, -0.15) is 0 Å². The van der Waals surface area contributed by atoms with E-state index in [4.69, 9.17) is 5.11 Å². The van der Waals surface area contributed by atoms with E-state index >= 15 is 0 Å². The molecule has 0 saturated carbocycles. The molecule has 118 valence electrons. The first-order chi connectivity index (χ1) is 10.3. The molecule has 2 rings (SSSR count). The molecule has 1 N–H and O–H groups in total. The summed E-state index contributed by atoms with van der Waals surface area (Å²) in [6.45, 7) is 4.31. The summed E-state index contributed by atoms with van der Waals surface area (Å²) in [7, 11) is 0. The van der Waals surface area contributed by atoms with Crippen molar-refractivity contribution in [2.45, 2.75) is 33.2 Å². The molecular formula is C16H17F2NO3. The fraction of sp³-hybridized carbons (Fsp3) is 0.375. The summed E-state index contributed by atoms with van der Waals surface area (Å²) in [4.78, 5) is 23.4. The van der Waals surface area contributed by atoms with Crippen LogP contribution in [0.1, 0.15) is 41.3 Å². The van der Waals surface area contributed by atoms with Gasteiger partial charge in [-0.3, -0.25) is 4.79 Å². The first-order valence-electron chi connectivity index (χ1n) is 6.95. The van der Waals surface area contributed by atoms with Crippen molar-refractivity contribution < 1.29 is 18.7 Å². The Hall–Kier alpha value is -2.24. The minimum atomic E-state index is -1.41. The number of carbonyl (C=O) groups is 1. The third-order valence-electron chi connectivity index (χ3n) is 3.68. The number of rotatable bonds is 4. The molecule has 0 aliphatic carbocycles. The Morgan fingerprint density at radius 3 is 2.55 bits per heavy atom. The maximum atomic E-state index is 14.8. The molecule has 0 atom stereocenters. The van der Waals surface area contributed by atoms with Crippen LogP contribution in [-0.4, -0.2) is 22.3 Å². The molecule has 6 heteroatoms. The van der Waals surface area contributed by atoms with E-state index in [2.05, 4.69) is 0 Å². The van der Waals surface area contributed by atoms with Crippen LogP contribution in [0.3, 0.4) is 0 Å². The number of nitrogens with zero attached hydrogens (tertiary/aromatic N) is 1. The molecule has 0 radical (unpaired) electrons. The second-order valence-corrected chi connectivity index (χ2v) is 5.53. The number of carboxylic acids is 1. The van der Waals surface area contributed by atoms with E-state index in [1.165, 1.54) is 10.6 Å². The molecule has 4 nitrogen and oxygen atoms in total. The van der Waals surface area contributed by atoms with E-state index in [0.29, 0.717) is 11.1 Å². The molecular weight excluding hydrogens is 292 g/mol. The molecule has 1 aromatic carbocycles. The van der Waals surface area contributed by atoms with E-state index in [9.17, 15) is 18.4 Å². The maximum absolute atomic E-state index is 14.8. The Morgan fingerprint density at radius 2 is 2.05 bits per heavy atom. The van der Waals surface area contributed by atoms with E-state index in [1.54, 1.807) is 6.92 Å². The Bertz CT molecular complexity index is 809. The zero-order valence-corrected chi connectivity index (χ0v) is 12.6. The first-order valence-corrected chi connectivity index (χ1v) is 6.95. The van der Waals surface area contributed by atoms with Gasteiger partial charge in [-0.05, 0) is 30.0 Å². The van der Waals surface area contributed by atoms with Crippen molar-refractivity contribution in [2.75, 3.05) is 6.67 Å². The van der Waals surface area contributed by atoms with Crippen molar-refractivity contribution in [1.29, 1.82) is 0 Å². The standard InChI is InChI=1S/C16H17F2NO3/c1-8(2)12-9(3)6-10-14(13(12)18)19(5-4-17)7-11(15(10)20)16(21)22/h6-8H,4-5H2,1-3H3,(H,21,22). The van der Waals surface area contributed by atoms with E-state index in [-0.39, 0.29) is 23.4 Å². The van der Waals surface area contributed by atoms with Gasteiger partial charge in [-0.15, -0.1) is 0 Å². The number of aromatic nitrogens is 1. The van der Waals surface area contributed by atoms with E-state index in [0.717, 1.165) is 6.20 Å². The van der Waals surface area contributed by atoms with Gasteiger partial charge in [0.05, 0.1) is 12.1 Å². The quantitative estimate of drug-likeness (QED) is 0.943. The fourth-order valence-electron chi connectivity index (χ4n) is 2.79. The molecule has 0 aliphatic rings. The van der Waals surface area contributed by atoms with Crippen molar-refractivity contribution in [2.24, 2.45) is 0 Å². The summed E-state index contributed by atoms with van der Waals surface area (Å²) < 4.78 is 28.8. The number of halogens is 2. The fourth-order valence-corrected chi connectivity index (χ4v) is 2.79. The Morgan fingerprint density at radius 1 is 1.41 bits per heavy atom. The van der Waals surface area contributed by atoms with Crippen LogP contribution in [0.25, 0.3) is 10.9 Å². The highest BCUT2D eigenvalue weighted by molar-refractivity contribution is 5.93. The Labute approximate surface area is 126 Å². The smallest absolute Gasteiger partial charge is 0.341 e. The van der Waals surface area contributed by atoms with Crippen LogP contribution in [0.4, 0.5) is 8.78 Å². The highest BCUT2D eigenvalue weighted by atomic mass is 19.1. The van der Waals surface area contributed by atoms with Gasteiger partial charge in [0, 0.05) is 11.6 Å². The van der Waals surface area contributed by atoms with Crippen molar-refractivity contribution in [3.8, 4) is 0 Å². The largest absolute Gasteiger partial charge is 0.477 e. The highest BCUT2D eigenvalue weighted by Crippen LogP contribution is 2.28. The molecule has 0 fully saturated rings. The van der Waals surface area contributed by atoms with Crippen molar-refractivity contribution in [1.82, 2.24) is 4.57 Å². The van der Waals surface area contributed by atoms with E-state index in [1.807, 2.05) is 13.8 Å². The maximum Gasteiger partial charge on any atom is 0.341 e. The SMILES string of the molecule is Cc1cc2c(=O)c(C(=O)O)cn(CCF)c2c(F)c1C(C)C. The van der Waals surface area contributed by atoms with Crippen LogP contribution in [0, 0.1) is 12.7 Å². The van der Waals surface area contributed by atoms with Gasteiger partial charge in [0.15, 0.2) is 5.82 Å². The van der Waals surface area contributed by atoms with Crippen molar-refractivity contribution >= 4 is 16.9 Å². The number of fused-ring (bicyclic) bond motifs is 1. The third-order valence-corrected chi connectivity index (χ3v) is 3.68. The van der Waals surface area contributed by atoms with Crippen LogP contribution in [0.5, 0.6) is 0 Å². The van der Waals surface area contributed by atoms with Gasteiger partial charge < -0.3 is 9.67 Å². The average Bonchev–Trinajstić information content (AvgIpc) is 2.41. The van der Waals surface area contributed by atoms with Gasteiger partial charge in [-0.25, -0.2) is 13.6 Å². The average molecular weight is 309 g/mol. The van der Waals surface area contributed by atoms with Crippen LogP contribution in [0.15, 0.2) is 17.1 Å². The lowest BCUT2D eigenvalue weighted by molar-refractivity contribution is 0.0694. The van der Waals surface area contributed by atoms with Gasteiger partial charge >= 0.3 is 5.97 Å². The predicted octanol–water partition coefficient (Wildman–Crippen LogP) is 3.24. The van der Waals surface area contributed by atoms with Crippen LogP contribution in [0.2, 0.25) is 0 Å².